The highest BCUT2D eigenvalue weighted by atomic mass is 16.5. The molecule has 0 bridgehead atoms. The second kappa shape index (κ2) is 4.35. The molecule has 0 amide bonds. The molecular formula is C12H15N3O2. The van der Waals surface area contributed by atoms with Crippen molar-refractivity contribution >= 4 is 5.65 Å². The summed E-state index contributed by atoms with van der Waals surface area (Å²) in [5, 5.41) is 3.39. The number of rotatable bonds is 2. The Bertz CT molecular complexity index is 517. The van der Waals surface area contributed by atoms with E-state index < -0.39 is 0 Å². The number of ether oxygens (including phenoxy) is 2. The Kier molecular flexibility index (Phi) is 2.70. The molecule has 0 radical (unpaired) electrons. The van der Waals surface area contributed by atoms with Crippen molar-refractivity contribution in [3.8, 4) is 5.75 Å². The Morgan fingerprint density at radius 1 is 1.59 bits per heavy atom. The molecule has 2 aromatic rings. The molecular weight excluding hydrogens is 218 g/mol. The van der Waals surface area contributed by atoms with Crippen LogP contribution < -0.4 is 10.1 Å². The van der Waals surface area contributed by atoms with Crippen molar-refractivity contribution in [2.45, 2.75) is 6.04 Å². The van der Waals surface area contributed by atoms with Crippen molar-refractivity contribution in [3.63, 3.8) is 0 Å². The minimum atomic E-state index is 0.174. The maximum absolute atomic E-state index is 5.45. The third kappa shape index (κ3) is 1.87. The van der Waals surface area contributed by atoms with Crippen LogP contribution in [-0.4, -0.2) is 36.3 Å². The Balaban J connectivity index is 2.00. The van der Waals surface area contributed by atoms with Crippen molar-refractivity contribution < 1.29 is 9.47 Å². The first-order chi connectivity index (χ1) is 8.38. The van der Waals surface area contributed by atoms with E-state index in [1.54, 1.807) is 7.11 Å². The van der Waals surface area contributed by atoms with Crippen LogP contribution in [0.5, 0.6) is 5.75 Å². The van der Waals surface area contributed by atoms with Gasteiger partial charge in [-0.1, -0.05) is 0 Å². The van der Waals surface area contributed by atoms with Crippen LogP contribution in [0.25, 0.3) is 5.65 Å². The lowest BCUT2D eigenvalue weighted by molar-refractivity contribution is 0.0758. The molecule has 1 N–H and O–H groups in total. The van der Waals surface area contributed by atoms with Crippen molar-refractivity contribution in [1.29, 1.82) is 0 Å². The van der Waals surface area contributed by atoms with Crippen LogP contribution in [-0.2, 0) is 4.74 Å². The standard InChI is InChI=1S/C12H15N3O2/c1-16-11-3-2-5-15-7-9(14-12(11)15)10-8-17-6-4-13-10/h2-3,5,7,10,13H,4,6,8H2,1H3. The molecule has 1 unspecified atom stereocenters. The van der Waals surface area contributed by atoms with Crippen LogP contribution in [0, 0.1) is 0 Å². The fourth-order valence-corrected chi connectivity index (χ4v) is 2.09. The van der Waals surface area contributed by atoms with Gasteiger partial charge in [-0.25, -0.2) is 4.98 Å². The molecule has 1 atom stereocenters. The largest absolute Gasteiger partial charge is 0.493 e. The van der Waals surface area contributed by atoms with E-state index in [4.69, 9.17) is 9.47 Å². The smallest absolute Gasteiger partial charge is 0.179 e. The summed E-state index contributed by atoms with van der Waals surface area (Å²) in [5.41, 5.74) is 1.84. The number of hydrogen-bond donors (Lipinski definition) is 1. The van der Waals surface area contributed by atoms with Gasteiger partial charge in [0.15, 0.2) is 11.4 Å². The minimum absolute atomic E-state index is 0.174. The zero-order chi connectivity index (χ0) is 11.7. The highest BCUT2D eigenvalue weighted by Gasteiger charge is 2.18. The zero-order valence-corrected chi connectivity index (χ0v) is 9.72. The van der Waals surface area contributed by atoms with Crippen LogP contribution in [0.3, 0.4) is 0 Å². The van der Waals surface area contributed by atoms with Gasteiger partial charge < -0.3 is 19.2 Å². The van der Waals surface area contributed by atoms with Gasteiger partial charge in [-0.2, -0.15) is 0 Å². The first kappa shape index (κ1) is 10.6. The molecule has 3 heterocycles. The second-order valence-electron chi connectivity index (χ2n) is 4.05. The molecule has 0 aliphatic carbocycles. The molecule has 17 heavy (non-hydrogen) atoms. The predicted molar refractivity (Wildman–Crippen MR) is 63.3 cm³/mol. The van der Waals surface area contributed by atoms with E-state index in [2.05, 4.69) is 10.3 Å². The number of methoxy groups -OCH3 is 1. The molecule has 3 rings (SSSR count). The molecule has 90 valence electrons. The van der Waals surface area contributed by atoms with Crippen molar-refractivity contribution in [3.05, 3.63) is 30.2 Å². The van der Waals surface area contributed by atoms with Gasteiger partial charge in [-0.3, -0.25) is 0 Å². The fraction of sp³-hybridized carbons (Fsp3) is 0.417. The normalized spacial score (nSPS) is 20.6. The summed E-state index contributed by atoms with van der Waals surface area (Å²) in [5.74, 6) is 0.787. The number of fused-ring (bicyclic) bond motifs is 1. The van der Waals surface area contributed by atoms with Crippen molar-refractivity contribution in [1.82, 2.24) is 14.7 Å². The average Bonchev–Trinajstić information content (AvgIpc) is 2.83. The van der Waals surface area contributed by atoms with Gasteiger partial charge in [-0.15, -0.1) is 0 Å². The summed E-state index contributed by atoms with van der Waals surface area (Å²) < 4.78 is 12.7. The Labute approximate surface area is 99.4 Å². The lowest BCUT2D eigenvalue weighted by Gasteiger charge is -2.21. The average molecular weight is 233 g/mol. The molecule has 0 aromatic carbocycles. The lowest BCUT2D eigenvalue weighted by atomic mass is 10.2. The molecule has 5 nitrogen and oxygen atoms in total. The fourth-order valence-electron chi connectivity index (χ4n) is 2.09. The molecule has 0 spiro atoms. The molecule has 1 aliphatic rings. The van der Waals surface area contributed by atoms with Gasteiger partial charge in [0.05, 0.1) is 32.1 Å². The molecule has 5 heteroatoms. The van der Waals surface area contributed by atoms with E-state index in [1.807, 2.05) is 28.9 Å². The van der Waals surface area contributed by atoms with Crippen molar-refractivity contribution in [2.24, 2.45) is 0 Å². The quantitative estimate of drug-likeness (QED) is 0.840. The SMILES string of the molecule is COc1cccn2cc(C3COCCN3)nc12. The highest BCUT2D eigenvalue weighted by molar-refractivity contribution is 5.54. The van der Waals surface area contributed by atoms with Crippen LogP contribution in [0.2, 0.25) is 0 Å². The van der Waals surface area contributed by atoms with Crippen LogP contribution in [0.15, 0.2) is 24.5 Å². The molecule has 2 aromatic heterocycles. The predicted octanol–water partition coefficient (Wildman–Crippen LogP) is 1.00. The first-order valence-electron chi connectivity index (χ1n) is 5.71. The maximum atomic E-state index is 5.45. The number of nitrogens with one attached hydrogen (secondary N) is 1. The number of hydrogen-bond acceptors (Lipinski definition) is 4. The van der Waals surface area contributed by atoms with Gasteiger partial charge in [0.2, 0.25) is 0 Å². The lowest BCUT2D eigenvalue weighted by Crippen LogP contribution is -2.34. The third-order valence-corrected chi connectivity index (χ3v) is 2.96. The number of morpholine rings is 1. The van der Waals surface area contributed by atoms with E-state index in [9.17, 15) is 0 Å². The van der Waals surface area contributed by atoms with E-state index in [0.29, 0.717) is 6.61 Å². The van der Waals surface area contributed by atoms with E-state index in [0.717, 1.165) is 30.2 Å². The molecule has 1 fully saturated rings. The number of pyridine rings is 1. The topological polar surface area (TPSA) is 47.8 Å². The summed E-state index contributed by atoms with van der Waals surface area (Å²) in [6.45, 7) is 2.31. The second-order valence-corrected chi connectivity index (χ2v) is 4.05. The van der Waals surface area contributed by atoms with Gasteiger partial charge in [0.1, 0.15) is 0 Å². The summed E-state index contributed by atoms with van der Waals surface area (Å²) in [6, 6.07) is 4.03. The molecule has 0 saturated carbocycles. The number of nitrogens with zero attached hydrogens (tertiary/aromatic N) is 2. The summed E-state index contributed by atoms with van der Waals surface area (Å²) in [6.07, 6.45) is 3.99. The Hall–Kier alpha value is -1.59. The number of aromatic nitrogens is 2. The highest BCUT2D eigenvalue weighted by Crippen LogP contribution is 2.22. The summed E-state index contributed by atoms with van der Waals surface area (Å²) >= 11 is 0. The molecule has 1 saturated heterocycles. The third-order valence-electron chi connectivity index (χ3n) is 2.96. The first-order valence-corrected chi connectivity index (χ1v) is 5.71. The monoisotopic (exact) mass is 233 g/mol. The Morgan fingerprint density at radius 3 is 3.29 bits per heavy atom. The van der Waals surface area contributed by atoms with Gasteiger partial charge in [0, 0.05) is 18.9 Å². The van der Waals surface area contributed by atoms with Gasteiger partial charge in [-0.05, 0) is 12.1 Å². The minimum Gasteiger partial charge on any atom is -0.493 e. The van der Waals surface area contributed by atoms with Gasteiger partial charge in [0.25, 0.3) is 0 Å². The van der Waals surface area contributed by atoms with Gasteiger partial charge >= 0.3 is 0 Å². The van der Waals surface area contributed by atoms with E-state index in [-0.39, 0.29) is 6.04 Å². The zero-order valence-electron chi connectivity index (χ0n) is 9.72. The maximum Gasteiger partial charge on any atom is 0.179 e. The van der Waals surface area contributed by atoms with Crippen LogP contribution in [0.1, 0.15) is 11.7 Å². The number of imidazole rings is 1. The van der Waals surface area contributed by atoms with E-state index in [1.165, 1.54) is 0 Å². The van der Waals surface area contributed by atoms with Crippen molar-refractivity contribution in [2.75, 3.05) is 26.9 Å². The Morgan fingerprint density at radius 2 is 2.53 bits per heavy atom. The summed E-state index contributed by atoms with van der Waals surface area (Å²) in [7, 11) is 1.66. The summed E-state index contributed by atoms with van der Waals surface area (Å²) in [4.78, 5) is 4.60. The van der Waals surface area contributed by atoms with E-state index >= 15 is 0 Å². The van der Waals surface area contributed by atoms with Crippen LogP contribution in [0.4, 0.5) is 0 Å². The van der Waals surface area contributed by atoms with Crippen LogP contribution >= 0.6 is 0 Å². The molecule has 1 aliphatic heterocycles.